The van der Waals surface area contributed by atoms with Gasteiger partial charge in [-0.25, -0.2) is 4.39 Å². The molecule has 1 aliphatic carbocycles. The maximum absolute atomic E-state index is 14.7. The fraction of sp³-hybridized carbons (Fsp3) is 0.474. The zero-order valence-electron chi connectivity index (χ0n) is 14.1. The molecule has 2 unspecified atom stereocenters. The van der Waals surface area contributed by atoms with Crippen molar-refractivity contribution in [1.82, 2.24) is 4.72 Å². The number of aliphatic hydroxyl groups is 1. The van der Waals surface area contributed by atoms with E-state index in [4.69, 9.17) is 0 Å². The van der Waals surface area contributed by atoms with Crippen molar-refractivity contribution in [3.05, 3.63) is 58.0 Å². The number of benzene rings is 1. The third kappa shape index (κ3) is 3.39. The van der Waals surface area contributed by atoms with Crippen molar-refractivity contribution < 1.29 is 9.50 Å². The van der Waals surface area contributed by atoms with E-state index in [2.05, 4.69) is 38.0 Å². The van der Waals surface area contributed by atoms with Gasteiger partial charge in [-0.3, -0.25) is 4.72 Å². The molecule has 2 N–H and O–H groups in total. The van der Waals surface area contributed by atoms with Gasteiger partial charge in [-0.05, 0) is 46.8 Å². The number of hydrogen-bond acceptors (Lipinski definition) is 4. The summed E-state index contributed by atoms with van der Waals surface area (Å²) >= 11 is 5.67. The Hall–Kier alpha value is -0.910. The van der Waals surface area contributed by atoms with E-state index in [1.165, 1.54) is 10.5 Å². The summed E-state index contributed by atoms with van der Waals surface area (Å²) < 4.78 is 17.4. The maximum atomic E-state index is 14.7. The summed E-state index contributed by atoms with van der Waals surface area (Å²) in [6.07, 6.45) is 3.08. The zero-order chi connectivity index (χ0) is 17.5. The number of nitrogens with one attached hydrogen (secondary N) is 1. The Morgan fingerprint density at radius 1 is 1.50 bits per heavy atom. The predicted octanol–water partition coefficient (Wildman–Crippen LogP) is 5.70. The predicted molar refractivity (Wildman–Crippen MR) is 102 cm³/mol. The highest BCUT2D eigenvalue weighted by Gasteiger charge is 2.43. The number of rotatable bonds is 4. The van der Waals surface area contributed by atoms with Crippen LogP contribution in [0.15, 0.2) is 41.0 Å². The zero-order valence-corrected chi connectivity index (χ0v) is 15.8. The molecule has 0 amide bonds. The Balaban J connectivity index is 1.94. The quantitative estimate of drug-likeness (QED) is 0.473. The van der Waals surface area contributed by atoms with Crippen molar-refractivity contribution in [3.8, 4) is 0 Å². The molecule has 24 heavy (non-hydrogen) atoms. The van der Waals surface area contributed by atoms with Gasteiger partial charge >= 0.3 is 0 Å². The summed E-state index contributed by atoms with van der Waals surface area (Å²) in [6.45, 7) is 8.82. The maximum Gasteiger partial charge on any atom is 0.127 e. The van der Waals surface area contributed by atoms with Crippen molar-refractivity contribution in [1.29, 1.82) is 0 Å². The first-order chi connectivity index (χ1) is 11.3. The van der Waals surface area contributed by atoms with Crippen LogP contribution in [0.4, 0.5) is 4.39 Å². The Labute approximate surface area is 153 Å². The molecule has 5 heteroatoms. The molecule has 3 rings (SSSR count). The first-order valence-electron chi connectivity index (χ1n) is 8.24. The third-order valence-corrected chi connectivity index (χ3v) is 6.71. The lowest BCUT2D eigenvalue weighted by molar-refractivity contribution is 0.288. The summed E-state index contributed by atoms with van der Waals surface area (Å²) in [5.41, 5.74) is 2.99. The van der Waals surface area contributed by atoms with Crippen LogP contribution >= 0.6 is 24.6 Å². The standard InChI is InChI=1S/C19H24FNOS2/c1-11(22)17-14-9-19(2,3)7-6-16(14)24-18(17)13-5-4-12(10-21-23)8-15(13)20/h4-5,8,17-18,21-23H,1,6-7,9-10H2,2-3H3. The molecule has 0 aromatic heterocycles. The summed E-state index contributed by atoms with van der Waals surface area (Å²) in [5.74, 6) is -0.262. The van der Waals surface area contributed by atoms with Gasteiger partial charge in [0, 0.05) is 12.1 Å². The summed E-state index contributed by atoms with van der Waals surface area (Å²) in [4.78, 5) is 1.32. The van der Waals surface area contributed by atoms with E-state index in [1.54, 1.807) is 17.8 Å². The molecule has 0 radical (unpaired) electrons. The van der Waals surface area contributed by atoms with Crippen LogP contribution in [0.25, 0.3) is 0 Å². The van der Waals surface area contributed by atoms with E-state index in [9.17, 15) is 9.50 Å². The lowest BCUT2D eigenvalue weighted by Crippen LogP contribution is -2.21. The Morgan fingerprint density at radius 2 is 2.25 bits per heavy atom. The van der Waals surface area contributed by atoms with Crippen LogP contribution in [0.1, 0.15) is 49.5 Å². The minimum atomic E-state index is -0.223. The number of aliphatic hydroxyl groups excluding tert-OH is 1. The average molecular weight is 366 g/mol. The highest BCUT2D eigenvalue weighted by atomic mass is 32.2. The topological polar surface area (TPSA) is 32.3 Å². The van der Waals surface area contributed by atoms with Crippen molar-refractivity contribution in [3.63, 3.8) is 0 Å². The van der Waals surface area contributed by atoms with Crippen molar-refractivity contribution in [2.24, 2.45) is 11.3 Å². The van der Waals surface area contributed by atoms with Gasteiger partial charge in [-0.1, -0.05) is 45.4 Å². The van der Waals surface area contributed by atoms with Crippen molar-refractivity contribution in [2.75, 3.05) is 0 Å². The molecule has 1 aromatic rings. The van der Waals surface area contributed by atoms with Gasteiger partial charge in [0.2, 0.25) is 0 Å². The van der Waals surface area contributed by atoms with Crippen LogP contribution < -0.4 is 4.72 Å². The fourth-order valence-corrected chi connectivity index (χ4v) is 5.59. The van der Waals surface area contributed by atoms with Crippen molar-refractivity contribution >= 4 is 24.6 Å². The van der Waals surface area contributed by atoms with E-state index < -0.39 is 0 Å². The van der Waals surface area contributed by atoms with Crippen LogP contribution in [0.5, 0.6) is 0 Å². The van der Waals surface area contributed by atoms with Crippen LogP contribution in [-0.4, -0.2) is 5.11 Å². The van der Waals surface area contributed by atoms with E-state index in [0.29, 0.717) is 12.1 Å². The molecular weight excluding hydrogens is 341 g/mol. The molecule has 130 valence electrons. The largest absolute Gasteiger partial charge is 0.512 e. The smallest absolute Gasteiger partial charge is 0.127 e. The Morgan fingerprint density at radius 3 is 2.88 bits per heavy atom. The first kappa shape index (κ1) is 17.9. The highest BCUT2D eigenvalue weighted by Crippen LogP contribution is 2.60. The summed E-state index contributed by atoms with van der Waals surface area (Å²) in [6, 6.07) is 5.31. The van der Waals surface area contributed by atoms with Gasteiger partial charge in [-0.15, -0.1) is 11.8 Å². The second-order valence-electron chi connectivity index (χ2n) is 7.49. The van der Waals surface area contributed by atoms with Gasteiger partial charge in [0.05, 0.1) is 16.9 Å². The molecule has 2 atom stereocenters. The Bertz CT molecular complexity index is 699. The average Bonchev–Trinajstić information content (AvgIpc) is 2.84. The third-order valence-electron chi connectivity index (χ3n) is 5.02. The molecule has 1 heterocycles. The van der Waals surface area contributed by atoms with E-state index in [1.807, 2.05) is 12.1 Å². The SMILES string of the molecule is C=C(O)C1C2=C(CCC(C)(C)C2)SC1c1ccc(CNS)cc1F. The minimum absolute atomic E-state index is 0.126. The molecule has 0 fully saturated rings. The lowest BCUT2D eigenvalue weighted by atomic mass is 9.72. The molecule has 0 saturated heterocycles. The number of thiol groups is 1. The molecule has 1 aromatic carbocycles. The number of hydrogen-bond donors (Lipinski definition) is 3. The summed E-state index contributed by atoms with van der Waals surface area (Å²) in [5, 5.41) is 10.1. The van der Waals surface area contributed by atoms with Gasteiger partial charge in [-0.2, -0.15) is 0 Å². The van der Waals surface area contributed by atoms with Crippen LogP contribution in [0.2, 0.25) is 0 Å². The van der Waals surface area contributed by atoms with Crippen LogP contribution in [-0.2, 0) is 6.54 Å². The molecule has 2 aliphatic rings. The molecular formula is C19H24FNOS2. The van der Waals surface area contributed by atoms with Crippen LogP contribution in [0, 0.1) is 17.2 Å². The normalized spacial score (nSPS) is 25.7. The van der Waals surface area contributed by atoms with Gasteiger partial charge in [0.25, 0.3) is 0 Å². The lowest BCUT2D eigenvalue weighted by Gasteiger charge is -2.32. The monoisotopic (exact) mass is 365 g/mol. The highest BCUT2D eigenvalue weighted by molar-refractivity contribution is 8.03. The van der Waals surface area contributed by atoms with E-state index >= 15 is 0 Å². The first-order valence-corrected chi connectivity index (χ1v) is 9.57. The van der Waals surface area contributed by atoms with E-state index in [-0.39, 0.29) is 28.2 Å². The molecule has 1 aliphatic heterocycles. The van der Waals surface area contributed by atoms with Gasteiger partial charge in [0.15, 0.2) is 0 Å². The molecule has 2 nitrogen and oxygen atoms in total. The number of allylic oxidation sites excluding steroid dienone is 2. The van der Waals surface area contributed by atoms with Gasteiger partial charge < -0.3 is 5.11 Å². The van der Waals surface area contributed by atoms with Crippen molar-refractivity contribution in [2.45, 2.75) is 44.9 Å². The molecule has 0 bridgehead atoms. The minimum Gasteiger partial charge on any atom is -0.512 e. The van der Waals surface area contributed by atoms with Gasteiger partial charge in [0.1, 0.15) is 5.82 Å². The van der Waals surface area contributed by atoms with Crippen LogP contribution in [0.3, 0.4) is 0 Å². The second kappa shape index (κ2) is 6.77. The fourth-order valence-electron chi connectivity index (χ4n) is 3.76. The Kier molecular flexibility index (Phi) is 5.05. The second-order valence-corrected chi connectivity index (χ2v) is 9.04. The number of thioether (sulfide) groups is 1. The molecule has 0 saturated carbocycles. The summed E-state index contributed by atoms with van der Waals surface area (Å²) in [7, 11) is 0. The number of halogens is 1. The van der Waals surface area contributed by atoms with E-state index in [0.717, 1.165) is 24.8 Å². The molecule has 0 spiro atoms.